The largest absolute Gasteiger partial charge is 0.483 e. The third-order valence-electron chi connectivity index (χ3n) is 0.859. The molecule has 7 nitrogen and oxygen atoms in total. The third-order valence-corrected chi connectivity index (χ3v) is 3.82. The van der Waals surface area contributed by atoms with E-state index in [0.717, 1.165) is 0 Å². The van der Waals surface area contributed by atoms with E-state index in [1.165, 1.54) is 0 Å². The van der Waals surface area contributed by atoms with Gasteiger partial charge in [0.25, 0.3) is 0 Å². The van der Waals surface area contributed by atoms with Crippen LogP contribution in [-0.4, -0.2) is 57.8 Å². The molecule has 16 heavy (non-hydrogen) atoms. The summed E-state index contributed by atoms with van der Waals surface area (Å²) >= 11 is 10.5. The van der Waals surface area contributed by atoms with Gasteiger partial charge in [0.15, 0.2) is 0 Å². The van der Waals surface area contributed by atoms with Crippen molar-refractivity contribution in [2.24, 2.45) is 0 Å². The topological polar surface area (TPSA) is 102 Å². The fraction of sp³-hybridized carbons (Fsp3) is 1.00. The predicted molar refractivity (Wildman–Crippen MR) is 62.6 cm³/mol. The lowest BCUT2D eigenvalue weighted by Crippen LogP contribution is -2.03. The molecule has 96 valence electrons. The van der Waals surface area contributed by atoms with Crippen molar-refractivity contribution < 1.29 is 32.3 Å². The van der Waals surface area contributed by atoms with Crippen molar-refractivity contribution in [3.63, 3.8) is 0 Å². The van der Waals surface area contributed by atoms with Crippen molar-refractivity contribution >= 4 is 61.9 Å². The molecule has 0 saturated heterocycles. The lowest BCUT2D eigenvalue weighted by Gasteiger charge is -2.16. The van der Waals surface area contributed by atoms with Gasteiger partial charge in [0, 0.05) is 11.8 Å². The molecule has 0 fully saturated rings. The van der Waals surface area contributed by atoms with Gasteiger partial charge in [0.2, 0.25) is 0 Å². The summed E-state index contributed by atoms with van der Waals surface area (Å²) in [5.74, 6) is -0.0580. The van der Waals surface area contributed by atoms with Gasteiger partial charge in [-0.25, -0.2) is 9.13 Å². The third kappa shape index (κ3) is 10.7. The van der Waals surface area contributed by atoms with Crippen LogP contribution in [0.25, 0.3) is 0 Å². The van der Waals surface area contributed by atoms with Crippen LogP contribution in [0.5, 0.6) is 0 Å². The fourth-order valence-corrected chi connectivity index (χ4v) is 3.00. The molecule has 0 aliphatic carbocycles. The first-order chi connectivity index (χ1) is 6.83. The van der Waals surface area contributed by atoms with Gasteiger partial charge >= 0.3 is 38.7 Å². The van der Waals surface area contributed by atoms with Gasteiger partial charge in [-0.1, -0.05) is 0 Å². The second kappa shape index (κ2) is 9.53. The predicted octanol–water partition coefficient (Wildman–Crippen LogP) is 0.798. The smallest absolute Gasteiger partial charge is 0.302 e. The van der Waals surface area contributed by atoms with Gasteiger partial charge in [-0.15, -0.1) is 23.2 Å². The Labute approximate surface area is 119 Å². The van der Waals surface area contributed by atoms with Crippen LogP contribution in [0.1, 0.15) is 0 Å². The van der Waals surface area contributed by atoms with Crippen LogP contribution in [0.2, 0.25) is 0 Å². The van der Waals surface area contributed by atoms with E-state index in [1.807, 2.05) is 0 Å². The first-order valence-corrected chi connectivity index (χ1v) is 7.67. The van der Waals surface area contributed by atoms with E-state index in [2.05, 4.69) is 13.4 Å². The van der Waals surface area contributed by atoms with E-state index < -0.39 is 15.6 Å². The summed E-state index contributed by atoms with van der Waals surface area (Å²) in [7, 11) is -9.27. The zero-order valence-corrected chi connectivity index (χ0v) is 10.7. The number of rotatable bonds is 8. The van der Waals surface area contributed by atoms with Crippen LogP contribution in [0.15, 0.2) is 0 Å². The summed E-state index contributed by atoms with van der Waals surface area (Å²) < 4.78 is 34.8. The molecule has 12 heteroatoms. The normalized spacial score (nSPS) is 12.2. The zero-order chi connectivity index (χ0) is 11.9. The summed E-state index contributed by atoms with van der Waals surface area (Å²) in [5, 5.41) is 0. The van der Waals surface area contributed by atoms with Crippen LogP contribution in [-0.2, 0) is 22.5 Å². The first kappa shape index (κ1) is 19.9. The van der Waals surface area contributed by atoms with Gasteiger partial charge in [-0.2, -0.15) is 4.31 Å². The number of alkyl halides is 2. The Bertz CT molecular complexity index is 259. The average molecular weight is 329 g/mol. The molecule has 0 radical (unpaired) electrons. The molecule has 0 heterocycles. The van der Waals surface area contributed by atoms with Crippen LogP contribution in [0.4, 0.5) is 0 Å². The molecule has 0 aromatic rings. The minimum atomic E-state index is -4.97. The van der Waals surface area contributed by atoms with Gasteiger partial charge in [0.05, 0.1) is 13.2 Å². The fourth-order valence-electron chi connectivity index (χ4n) is 0.507. The van der Waals surface area contributed by atoms with Crippen LogP contribution >= 0.6 is 38.8 Å². The molecule has 0 bridgehead atoms. The standard InChI is InChI=1S/C4H10Cl2O7P2.Mg.2H/c5-1-3-11-15(10,12-4-2-6)13-14(7,8)9;;;/h1-4H2,(H2,7,8,9);;;. The van der Waals surface area contributed by atoms with Crippen LogP contribution in [0.3, 0.4) is 0 Å². The van der Waals surface area contributed by atoms with E-state index >= 15 is 0 Å². The van der Waals surface area contributed by atoms with Gasteiger partial charge < -0.3 is 9.79 Å². The highest BCUT2D eigenvalue weighted by Gasteiger charge is 2.35. The van der Waals surface area contributed by atoms with Crippen molar-refractivity contribution in [3.05, 3.63) is 0 Å². The molecular formula is C4H12Cl2MgO7P2. The Balaban J connectivity index is 0. The first-order valence-electron chi connectivity index (χ1n) is 3.61. The van der Waals surface area contributed by atoms with Gasteiger partial charge in [-0.3, -0.25) is 9.05 Å². The SMILES string of the molecule is O=P(O)(O)OP(=O)(OCCCl)OCCCl.[MgH2]. The number of halogens is 2. The maximum absolute atomic E-state index is 11.5. The van der Waals surface area contributed by atoms with E-state index in [0.29, 0.717) is 0 Å². The highest BCUT2D eigenvalue weighted by atomic mass is 35.5. The number of hydrogen-bond donors (Lipinski definition) is 2. The Morgan fingerprint density at radius 3 is 1.62 bits per heavy atom. The molecule has 0 aromatic heterocycles. The molecule has 0 aromatic carbocycles. The molecule has 0 rings (SSSR count). The van der Waals surface area contributed by atoms with E-state index in [1.54, 1.807) is 0 Å². The molecule has 0 aliphatic heterocycles. The van der Waals surface area contributed by atoms with E-state index in [4.69, 9.17) is 33.0 Å². The summed E-state index contributed by atoms with van der Waals surface area (Å²) in [6.07, 6.45) is 0. The summed E-state index contributed by atoms with van der Waals surface area (Å²) in [5.41, 5.74) is 0. The molecule has 0 atom stereocenters. The quantitative estimate of drug-likeness (QED) is 0.386. The molecular weight excluding hydrogens is 317 g/mol. The second-order valence-electron chi connectivity index (χ2n) is 2.06. The molecule has 0 amide bonds. The van der Waals surface area contributed by atoms with Crippen molar-refractivity contribution in [2.75, 3.05) is 25.0 Å². The lowest BCUT2D eigenvalue weighted by molar-refractivity contribution is 0.151. The summed E-state index contributed by atoms with van der Waals surface area (Å²) in [4.78, 5) is 16.9. The van der Waals surface area contributed by atoms with Crippen LogP contribution < -0.4 is 0 Å². The van der Waals surface area contributed by atoms with Gasteiger partial charge in [0.1, 0.15) is 0 Å². The van der Waals surface area contributed by atoms with E-state index in [-0.39, 0.29) is 48.0 Å². The lowest BCUT2D eigenvalue weighted by atomic mass is 10.9. The molecule has 0 spiro atoms. The zero-order valence-electron chi connectivity index (χ0n) is 7.41. The Hall–Kier alpha value is 1.61. The molecule has 2 N–H and O–H groups in total. The highest BCUT2D eigenvalue weighted by Crippen LogP contribution is 2.61. The maximum atomic E-state index is 11.5. The summed E-state index contributed by atoms with van der Waals surface area (Å²) in [6.45, 7) is -0.470. The molecule has 0 unspecified atom stereocenters. The monoisotopic (exact) mass is 328 g/mol. The van der Waals surface area contributed by atoms with Crippen LogP contribution in [0, 0.1) is 0 Å². The Morgan fingerprint density at radius 1 is 1.00 bits per heavy atom. The minimum Gasteiger partial charge on any atom is -0.302 e. The highest BCUT2D eigenvalue weighted by molar-refractivity contribution is 7.61. The van der Waals surface area contributed by atoms with Crippen molar-refractivity contribution in [2.45, 2.75) is 0 Å². The number of phosphoric acid groups is 2. The minimum absolute atomic E-state index is 0. The summed E-state index contributed by atoms with van der Waals surface area (Å²) in [6, 6.07) is 0. The van der Waals surface area contributed by atoms with Crippen molar-refractivity contribution in [1.29, 1.82) is 0 Å². The second-order valence-corrected chi connectivity index (χ2v) is 5.86. The Morgan fingerprint density at radius 2 is 1.38 bits per heavy atom. The Kier molecular flexibility index (Phi) is 11.9. The van der Waals surface area contributed by atoms with Crippen molar-refractivity contribution in [3.8, 4) is 0 Å². The number of hydrogen-bond acceptors (Lipinski definition) is 5. The molecule has 0 aliphatic rings. The average Bonchev–Trinajstić information content (AvgIpc) is 2.09. The number of phosphoric ester groups is 1. The van der Waals surface area contributed by atoms with Crippen molar-refractivity contribution in [1.82, 2.24) is 0 Å². The van der Waals surface area contributed by atoms with Gasteiger partial charge in [-0.05, 0) is 0 Å². The van der Waals surface area contributed by atoms with E-state index in [9.17, 15) is 9.13 Å². The maximum Gasteiger partial charge on any atom is 0.483 e. The molecule has 0 saturated carbocycles.